The largest absolute Gasteiger partial charge is 0.384 e. The van der Waals surface area contributed by atoms with Crippen LogP contribution < -0.4 is 10.6 Å². The van der Waals surface area contributed by atoms with Crippen molar-refractivity contribution < 1.29 is 0 Å². The normalized spacial score (nSPS) is 26.1. The maximum absolute atomic E-state index is 7.66. The number of anilines is 1. The van der Waals surface area contributed by atoms with Crippen LogP contribution in [0, 0.1) is 18.3 Å². The Morgan fingerprint density at radius 3 is 2.80 bits per heavy atom. The maximum atomic E-state index is 7.66. The molecule has 0 radical (unpaired) electrons. The topological polar surface area (TPSA) is 66.0 Å². The first kappa shape index (κ1) is 13.4. The molecule has 2 fully saturated rings. The second-order valence-corrected chi connectivity index (χ2v) is 6.22. The Hall–Kier alpha value is -1.58. The molecular formula is C16H24N4. The van der Waals surface area contributed by atoms with Crippen molar-refractivity contribution in [2.45, 2.75) is 51.5 Å². The Morgan fingerprint density at radius 1 is 1.25 bits per heavy atom. The molecule has 4 heteroatoms. The standard InChI is InChI=1S/C16H24N4/c1-11-9-13(16(17)18)10-15(19-11)20-8-4-6-12-5-2-3-7-14(12)20/h9-10,12,14H,2-8H2,1H3,(H3,17,18)/t12-,14-/m1/s1. The number of rotatable bonds is 2. The van der Waals surface area contributed by atoms with Crippen LogP contribution in [0.4, 0.5) is 5.82 Å². The van der Waals surface area contributed by atoms with E-state index in [9.17, 15) is 0 Å². The van der Waals surface area contributed by atoms with Crippen molar-refractivity contribution in [1.82, 2.24) is 4.98 Å². The van der Waals surface area contributed by atoms with E-state index in [1.165, 1.54) is 38.5 Å². The highest BCUT2D eigenvalue weighted by atomic mass is 15.2. The zero-order valence-corrected chi connectivity index (χ0v) is 12.2. The number of aryl methyl sites for hydroxylation is 1. The van der Waals surface area contributed by atoms with E-state index in [1.807, 2.05) is 19.1 Å². The number of hydrogen-bond donors (Lipinski definition) is 2. The van der Waals surface area contributed by atoms with Crippen LogP contribution in [0.1, 0.15) is 49.8 Å². The molecule has 3 rings (SSSR count). The molecule has 20 heavy (non-hydrogen) atoms. The minimum Gasteiger partial charge on any atom is -0.384 e. The number of nitrogen functional groups attached to an aromatic ring is 1. The van der Waals surface area contributed by atoms with Crippen molar-refractivity contribution >= 4 is 11.7 Å². The number of hydrogen-bond acceptors (Lipinski definition) is 3. The van der Waals surface area contributed by atoms with E-state index in [2.05, 4.69) is 4.90 Å². The van der Waals surface area contributed by atoms with Crippen LogP contribution in [0.5, 0.6) is 0 Å². The summed E-state index contributed by atoms with van der Waals surface area (Å²) in [6.07, 6.45) is 8.00. The molecule has 1 aromatic rings. The number of amidine groups is 1. The molecule has 108 valence electrons. The lowest BCUT2D eigenvalue weighted by Crippen LogP contribution is -2.47. The number of aromatic nitrogens is 1. The number of fused-ring (bicyclic) bond motifs is 1. The van der Waals surface area contributed by atoms with Gasteiger partial charge in [-0.1, -0.05) is 12.8 Å². The molecule has 1 aromatic heterocycles. The zero-order chi connectivity index (χ0) is 14.1. The van der Waals surface area contributed by atoms with Crippen LogP contribution in [-0.4, -0.2) is 23.4 Å². The van der Waals surface area contributed by atoms with E-state index in [-0.39, 0.29) is 5.84 Å². The van der Waals surface area contributed by atoms with E-state index < -0.39 is 0 Å². The van der Waals surface area contributed by atoms with Crippen molar-refractivity contribution in [3.63, 3.8) is 0 Å². The molecule has 0 unspecified atom stereocenters. The minimum atomic E-state index is 0.133. The summed E-state index contributed by atoms with van der Waals surface area (Å²) < 4.78 is 0. The number of piperidine rings is 1. The molecule has 3 N–H and O–H groups in total. The summed E-state index contributed by atoms with van der Waals surface area (Å²) in [4.78, 5) is 7.18. The molecular weight excluding hydrogens is 248 g/mol. The molecule has 1 aliphatic carbocycles. The smallest absolute Gasteiger partial charge is 0.129 e. The van der Waals surface area contributed by atoms with Crippen LogP contribution in [0.2, 0.25) is 0 Å². The van der Waals surface area contributed by atoms with Gasteiger partial charge in [-0.05, 0) is 50.7 Å². The maximum Gasteiger partial charge on any atom is 0.129 e. The molecule has 1 saturated heterocycles. The Balaban J connectivity index is 1.92. The van der Waals surface area contributed by atoms with Crippen LogP contribution >= 0.6 is 0 Å². The SMILES string of the molecule is Cc1cc(C(=N)N)cc(N2CCC[C@H]3CCCC[C@H]32)n1. The van der Waals surface area contributed by atoms with Crippen molar-refractivity contribution in [1.29, 1.82) is 5.41 Å². The Bertz CT molecular complexity index is 509. The number of nitrogens with one attached hydrogen (secondary N) is 1. The predicted molar refractivity (Wildman–Crippen MR) is 82.3 cm³/mol. The van der Waals surface area contributed by atoms with Gasteiger partial charge in [0.2, 0.25) is 0 Å². The van der Waals surface area contributed by atoms with Crippen molar-refractivity contribution in [3.8, 4) is 0 Å². The second-order valence-electron chi connectivity index (χ2n) is 6.22. The summed E-state index contributed by atoms with van der Waals surface area (Å²) in [5.41, 5.74) is 7.40. The van der Waals surface area contributed by atoms with E-state index in [1.54, 1.807) is 0 Å². The highest BCUT2D eigenvalue weighted by Crippen LogP contribution is 2.37. The third-order valence-corrected chi connectivity index (χ3v) is 4.79. The third-order valence-electron chi connectivity index (χ3n) is 4.79. The van der Waals surface area contributed by atoms with E-state index >= 15 is 0 Å². The molecule has 1 saturated carbocycles. The average molecular weight is 272 g/mol. The fourth-order valence-electron chi connectivity index (χ4n) is 3.86. The van der Waals surface area contributed by atoms with Gasteiger partial charge in [-0.2, -0.15) is 0 Å². The molecule has 0 aromatic carbocycles. The van der Waals surface area contributed by atoms with Gasteiger partial charge in [0, 0.05) is 23.8 Å². The summed E-state index contributed by atoms with van der Waals surface area (Å²) in [6, 6.07) is 4.53. The highest BCUT2D eigenvalue weighted by Gasteiger charge is 2.33. The van der Waals surface area contributed by atoms with Crippen molar-refractivity contribution in [2.24, 2.45) is 11.7 Å². The van der Waals surface area contributed by atoms with Gasteiger partial charge in [-0.25, -0.2) is 4.98 Å². The third kappa shape index (κ3) is 2.51. The molecule has 2 aliphatic rings. The lowest BCUT2D eigenvalue weighted by molar-refractivity contribution is 0.242. The molecule has 0 bridgehead atoms. The van der Waals surface area contributed by atoms with E-state index in [0.717, 1.165) is 29.5 Å². The first-order valence-electron chi connectivity index (χ1n) is 7.75. The molecule has 1 aliphatic heterocycles. The number of nitrogens with two attached hydrogens (primary N) is 1. The van der Waals surface area contributed by atoms with Crippen molar-refractivity contribution in [3.05, 3.63) is 23.4 Å². The van der Waals surface area contributed by atoms with Crippen LogP contribution in [0.3, 0.4) is 0 Å². The van der Waals surface area contributed by atoms with Crippen LogP contribution in [-0.2, 0) is 0 Å². The van der Waals surface area contributed by atoms with Crippen LogP contribution in [0.15, 0.2) is 12.1 Å². The van der Waals surface area contributed by atoms with Crippen LogP contribution in [0.25, 0.3) is 0 Å². The van der Waals surface area contributed by atoms with Gasteiger partial charge in [-0.15, -0.1) is 0 Å². The number of nitrogens with zero attached hydrogens (tertiary/aromatic N) is 2. The Morgan fingerprint density at radius 2 is 2.00 bits per heavy atom. The van der Waals surface area contributed by atoms with Gasteiger partial charge in [-0.3, -0.25) is 5.41 Å². The average Bonchev–Trinajstić information content (AvgIpc) is 2.46. The second kappa shape index (κ2) is 5.43. The monoisotopic (exact) mass is 272 g/mol. The minimum absolute atomic E-state index is 0.133. The number of pyridine rings is 1. The summed E-state index contributed by atoms with van der Waals surface area (Å²) in [6.45, 7) is 3.08. The first-order chi connectivity index (χ1) is 9.65. The lowest BCUT2D eigenvalue weighted by Gasteiger charge is -2.45. The van der Waals surface area contributed by atoms with Gasteiger partial charge in [0.25, 0.3) is 0 Å². The van der Waals surface area contributed by atoms with E-state index in [0.29, 0.717) is 6.04 Å². The Labute approximate surface area is 120 Å². The molecule has 0 amide bonds. The summed E-state index contributed by atoms with van der Waals surface area (Å²) in [7, 11) is 0. The lowest BCUT2D eigenvalue weighted by atomic mass is 9.78. The van der Waals surface area contributed by atoms with Gasteiger partial charge in [0.1, 0.15) is 11.7 Å². The van der Waals surface area contributed by atoms with Crippen molar-refractivity contribution in [2.75, 3.05) is 11.4 Å². The van der Waals surface area contributed by atoms with E-state index in [4.69, 9.17) is 16.1 Å². The highest BCUT2D eigenvalue weighted by molar-refractivity contribution is 5.95. The predicted octanol–water partition coefficient (Wildman–Crippen LogP) is 2.83. The fourth-order valence-corrected chi connectivity index (χ4v) is 3.86. The summed E-state index contributed by atoms with van der Waals surface area (Å²) in [5.74, 6) is 1.99. The van der Waals surface area contributed by atoms with Gasteiger partial charge in [0.15, 0.2) is 0 Å². The molecule has 0 spiro atoms. The Kier molecular flexibility index (Phi) is 3.64. The van der Waals surface area contributed by atoms with Gasteiger partial charge >= 0.3 is 0 Å². The first-order valence-corrected chi connectivity index (χ1v) is 7.75. The van der Waals surface area contributed by atoms with Gasteiger partial charge in [0.05, 0.1) is 0 Å². The summed E-state index contributed by atoms with van der Waals surface area (Å²) in [5, 5.41) is 7.66. The van der Waals surface area contributed by atoms with Gasteiger partial charge < -0.3 is 10.6 Å². The molecule has 2 atom stereocenters. The molecule has 2 heterocycles. The zero-order valence-electron chi connectivity index (χ0n) is 12.2. The summed E-state index contributed by atoms with van der Waals surface area (Å²) >= 11 is 0. The fraction of sp³-hybridized carbons (Fsp3) is 0.625. The quantitative estimate of drug-likeness (QED) is 0.642. The molecule has 4 nitrogen and oxygen atoms in total.